The van der Waals surface area contributed by atoms with Gasteiger partial charge in [0.25, 0.3) is 11.1 Å². The number of amides is 2. The highest BCUT2D eigenvalue weighted by Gasteiger charge is 2.35. The van der Waals surface area contributed by atoms with Gasteiger partial charge < -0.3 is 9.47 Å². The first-order valence-electron chi connectivity index (χ1n) is 10.1. The Hall–Kier alpha value is -2.89. The van der Waals surface area contributed by atoms with Crippen LogP contribution in [0.1, 0.15) is 21.5 Å². The number of carbonyl (C=O) groups is 3. The van der Waals surface area contributed by atoms with E-state index in [0.29, 0.717) is 9.13 Å². The minimum Gasteiger partial charge on any atom is -0.493 e. The molecule has 0 bridgehead atoms. The Labute approximate surface area is 223 Å². The number of hydrogen-bond acceptors (Lipinski definition) is 6. The van der Waals surface area contributed by atoms with Gasteiger partial charge in [0.2, 0.25) is 0 Å². The highest BCUT2D eigenvalue weighted by Crippen LogP contribution is 2.38. The second-order valence-corrected chi connectivity index (χ2v) is 9.83. The van der Waals surface area contributed by atoms with Crippen LogP contribution in [0.5, 0.6) is 11.5 Å². The van der Waals surface area contributed by atoms with Crippen molar-refractivity contribution in [1.29, 1.82) is 0 Å². The van der Waals surface area contributed by atoms with Gasteiger partial charge in [0, 0.05) is 5.56 Å². The number of imide groups is 1. The third-order valence-electron chi connectivity index (χ3n) is 5.00. The molecule has 35 heavy (non-hydrogen) atoms. The predicted molar refractivity (Wildman–Crippen MR) is 140 cm³/mol. The van der Waals surface area contributed by atoms with E-state index in [9.17, 15) is 18.8 Å². The molecule has 6 nitrogen and oxygen atoms in total. The van der Waals surface area contributed by atoms with E-state index in [1.54, 1.807) is 42.5 Å². The lowest BCUT2D eigenvalue weighted by Crippen LogP contribution is -2.27. The first-order chi connectivity index (χ1) is 16.8. The summed E-state index contributed by atoms with van der Waals surface area (Å²) >= 11 is 8.84. The summed E-state index contributed by atoms with van der Waals surface area (Å²) in [5.74, 6) is -1.20. The van der Waals surface area contributed by atoms with E-state index in [-0.39, 0.29) is 39.1 Å². The molecule has 1 aliphatic rings. The average molecular weight is 624 g/mol. The molecule has 3 aromatic carbocycles. The zero-order valence-corrected chi connectivity index (χ0v) is 21.8. The molecule has 178 valence electrons. The summed E-state index contributed by atoms with van der Waals surface area (Å²) in [4.78, 5) is 39.1. The molecule has 0 aromatic heterocycles. The van der Waals surface area contributed by atoms with Crippen molar-refractivity contribution >= 4 is 69.1 Å². The van der Waals surface area contributed by atoms with Crippen LogP contribution in [0.25, 0.3) is 6.08 Å². The number of hydrogen-bond donors (Lipinski definition) is 0. The van der Waals surface area contributed by atoms with Crippen LogP contribution < -0.4 is 9.47 Å². The van der Waals surface area contributed by atoms with E-state index < -0.39 is 22.9 Å². The summed E-state index contributed by atoms with van der Waals surface area (Å²) in [5, 5.41) is -0.231. The normalized spacial score (nSPS) is 14.5. The van der Waals surface area contributed by atoms with Gasteiger partial charge in [-0.15, -0.1) is 0 Å². The van der Waals surface area contributed by atoms with Gasteiger partial charge in [0.1, 0.15) is 5.82 Å². The number of methoxy groups -OCH3 is 1. The van der Waals surface area contributed by atoms with Crippen LogP contribution in [-0.2, 0) is 11.3 Å². The number of benzene rings is 3. The lowest BCUT2D eigenvalue weighted by atomic mass is 10.1. The molecule has 0 N–H and O–H groups in total. The number of ether oxygens (including phenoxy) is 2. The van der Waals surface area contributed by atoms with Crippen LogP contribution in [0.3, 0.4) is 0 Å². The molecule has 1 aliphatic heterocycles. The molecular weight excluding hydrogens is 608 g/mol. The van der Waals surface area contributed by atoms with Crippen LogP contribution in [0.2, 0.25) is 5.02 Å². The Bertz CT molecular complexity index is 1380. The van der Waals surface area contributed by atoms with Gasteiger partial charge >= 0.3 is 5.97 Å². The molecule has 0 radical (unpaired) electrons. The fourth-order valence-electron chi connectivity index (χ4n) is 3.28. The van der Waals surface area contributed by atoms with E-state index in [1.807, 2.05) is 22.6 Å². The molecule has 1 saturated heterocycles. The lowest BCUT2D eigenvalue weighted by Gasteiger charge is -2.13. The zero-order valence-electron chi connectivity index (χ0n) is 18.1. The topological polar surface area (TPSA) is 72.9 Å². The molecule has 0 spiro atoms. The molecule has 0 atom stereocenters. The van der Waals surface area contributed by atoms with Gasteiger partial charge in [-0.3, -0.25) is 14.5 Å². The number of carbonyl (C=O) groups excluding carboxylic acids is 3. The molecule has 0 aliphatic carbocycles. The molecule has 10 heteroatoms. The van der Waals surface area contributed by atoms with Crippen molar-refractivity contribution in [1.82, 2.24) is 4.90 Å². The number of nitrogens with zero attached hydrogens (tertiary/aromatic N) is 1. The summed E-state index contributed by atoms with van der Waals surface area (Å²) in [5.41, 5.74) is 1.01. The van der Waals surface area contributed by atoms with Crippen molar-refractivity contribution in [3.63, 3.8) is 0 Å². The van der Waals surface area contributed by atoms with Crippen molar-refractivity contribution in [3.05, 3.63) is 96.7 Å². The predicted octanol–water partition coefficient (Wildman–Crippen LogP) is 6.55. The first-order valence-corrected chi connectivity index (χ1v) is 12.4. The number of thioether (sulfide) groups is 1. The quantitative estimate of drug-likeness (QED) is 0.134. The smallest absolute Gasteiger partial charge is 0.345 e. The van der Waals surface area contributed by atoms with Crippen molar-refractivity contribution in [2.45, 2.75) is 6.54 Å². The highest BCUT2D eigenvalue weighted by atomic mass is 127. The number of esters is 1. The molecule has 3 aromatic rings. The first kappa shape index (κ1) is 25.2. The monoisotopic (exact) mass is 623 g/mol. The van der Waals surface area contributed by atoms with Gasteiger partial charge in [-0.2, -0.15) is 0 Å². The summed E-state index contributed by atoms with van der Waals surface area (Å²) in [6.45, 7) is -0.160. The van der Waals surface area contributed by atoms with Gasteiger partial charge in [-0.25, -0.2) is 9.18 Å². The molecule has 0 unspecified atom stereocenters. The average Bonchev–Trinajstić information content (AvgIpc) is 3.09. The SMILES string of the molecule is COc1cc(/C=C2\SC(=O)N(Cc3ccccc3F)C2=O)cc(I)c1OC(=O)c1ccccc1Cl. The van der Waals surface area contributed by atoms with Crippen LogP contribution in [0.15, 0.2) is 65.6 Å². The van der Waals surface area contributed by atoms with Crippen LogP contribution in [0, 0.1) is 9.39 Å². The van der Waals surface area contributed by atoms with E-state index in [2.05, 4.69) is 0 Å². The molecule has 4 rings (SSSR count). The fourth-order valence-corrected chi connectivity index (χ4v) is 5.07. The fraction of sp³-hybridized carbons (Fsp3) is 0.0800. The van der Waals surface area contributed by atoms with Crippen LogP contribution in [0.4, 0.5) is 9.18 Å². The molecule has 1 fully saturated rings. The largest absolute Gasteiger partial charge is 0.493 e. The molecule has 1 heterocycles. The summed E-state index contributed by atoms with van der Waals surface area (Å²) < 4.78 is 25.5. The number of halogens is 3. The van der Waals surface area contributed by atoms with Crippen molar-refractivity contribution in [2.24, 2.45) is 0 Å². The van der Waals surface area contributed by atoms with E-state index in [4.69, 9.17) is 21.1 Å². The second-order valence-electron chi connectivity index (χ2n) is 7.26. The standard InChI is InChI=1S/C25H16ClFINO5S/c1-33-20-11-14(10-19(28)22(20)34-24(31)16-7-3-4-8-17(16)26)12-21-23(30)29(25(32)35-21)13-15-6-2-5-9-18(15)27/h2-12H,13H2,1H3/b21-12-. The van der Waals surface area contributed by atoms with Crippen LogP contribution in [-0.4, -0.2) is 29.1 Å². The van der Waals surface area contributed by atoms with Gasteiger partial charge in [-0.1, -0.05) is 41.9 Å². The Kier molecular flexibility index (Phi) is 7.78. The van der Waals surface area contributed by atoms with Gasteiger partial charge in [0.05, 0.1) is 32.7 Å². The van der Waals surface area contributed by atoms with Gasteiger partial charge in [-0.05, 0) is 76.3 Å². The molecular formula is C25H16ClFINO5S. The van der Waals surface area contributed by atoms with Crippen molar-refractivity contribution < 1.29 is 28.2 Å². The highest BCUT2D eigenvalue weighted by molar-refractivity contribution is 14.1. The van der Waals surface area contributed by atoms with E-state index in [1.165, 1.54) is 31.4 Å². The van der Waals surface area contributed by atoms with E-state index in [0.717, 1.165) is 16.7 Å². The summed E-state index contributed by atoms with van der Waals surface area (Å²) in [6, 6.07) is 15.8. The van der Waals surface area contributed by atoms with Crippen molar-refractivity contribution in [2.75, 3.05) is 7.11 Å². The Balaban J connectivity index is 1.58. The van der Waals surface area contributed by atoms with Crippen molar-refractivity contribution in [3.8, 4) is 11.5 Å². The maximum absolute atomic E-state index is 14.0. The second kappa shape index (κ2) is 10.8. The Morgan fingerprint density at radius 1 is 1.14 bits per heavy atom. The van der Waals surface area contributed by atoms with E-state index >= 15 is 0 Å². The third-order valence-corrected chi connectivity index (χ3v) is 7.04. The number of rotatable bonds is 6. The molecule has 2 amide bonds. The Morgan fingerprint density at radius 2 is 1.86 bits per heavy atom. The minimum absolute atomic E-state index is 0.160. The third kappa shape index (κ3) is 5.52. The maximum atomic E-state index is 14.0. The maximum Gasteiger partial charge on any atom is 0.345 e. The van der Waals surface area contributed by atoms with Gasteiger partial charge in [0.15, 0.2) is 11.5 Å². The summed E-state index contributed by atoms with van der Waals surface area (Å²) in [6.07, 6.45) is 1.54. The zero-order chi connectivity index (χ0) is 25.1. The molecule has 0 saturated carbocycles. The summed E-state index contributed by atoms with van der Waals surface area (Å²) in [7, 11) is 1.42. The lowest BCUT2D eigenvalue weighted by molar-refractivity contribution is -0.123. The minimum atomic E-state index is -0.645. The van der Waals surface area contributed by atoms with Crippen LogP contribution >= 0.6 is 46.0 Å². The Morgan fingerprint density at radius 3 is 2.57 bits per heavy atom.